The van der Waals surface area contributed by atoms with Crippen LogP contribution < -0.4 is 14.4 Å². The van der Waals surface area contributed by atoms with E-state index < -0.39 is 47.5 Å². The van der Waals surface area contributed by atoms with E-state index in [0.717, 1.165) is 4.90 Å². The number of hydrogen-bond acceptors (Lipinski definition) is 10. The molecule has 11 nitrogen and oxygen atoms in total. The number of rotatable bonds is 13. The molecule has 57 heavy (non-hydrogen) atoms. The van der Waals surface area contributed by atoms with E-state index in [0.29, 0.717) is 28.2 Å². The van der Waals surface area contributed by atoms with Crippen LogP contribution in [0.25, 0.3) is 0 Å². The first-order valence-corrected chi connectivity index (χ1v) is 17.7. The van der Waals surface area contributed by atoms with Crippen LogP contribution in [0.15, 0.2) is 152 Å². The van der Waals surface area contributed by atoms with Crippen molar-refractivity contribution in [3.8, 4) is 11.5 Å². The van der Waals surface area contributed by atoms with Crippen LogP contribution >= 0.6 is 0 Å². The Morgan fingerprint density at radius 2 is 0.895 bits per heavy atom. The lowest BCUT2D eigenvalue weighted by Crippen LogP contribution is -2.29. The minimum atomic E-state index is -1.32. The molecule has 0 radical (unpaired) electrons. The van der Waals surface area contributed by atoms with Gasteiger partial charge in [-0.15, -0.1) is 0 Å². The number of Topliss-reactive ketones (excluding diaryl/α,β-unsaturated/α-hetero) is 2. The second-order valence-electron chi connectivity index (χ2n) is 12.8. The molecule has 0 fully saturated rings. The molecule has 6 aromatic rings. The first-order chi connectivity index (χ1) is 27.7. The SMILES string of the molecule is COc1ccc(C(=O)[C@H](OC(=O)c2cccc(N3C(=O)c4ccc(C(=O)O[C@@H](C(=O)c5ccc(OC)cc5)c5ccccc5)cc4C3=O)c2)c2ccccc2)cc1. The van der Waals surface area contributed by atoms with E-state index in [1.165, 1.54) is 56.7 Å². The third kappa shape index (κ3) is 7.80. The number of anilines is 1. The number of carbonyl (C=O) groups excluding carboxylic acids is 6. The van der Waals surface area contributed by atoms with E-state index in [2.05, 4.69) is 0 Å². The third-order valence-electron chi connectivity index (χ3n) is 9.34. The van der Waals surface area contributed by atoms with Crippen molar-refractivity contribution < 1.29 is 47.7 Å². The molecule has 2 atom stereocenters. The molecule has 0 spiro atoms. The molecular formula is C46H33NO10. The molecule has 1 aliphatic rings. The van der Waals surface area contributed by atoms with Crippen LogP contribution in [0.4, 0.5) is 5.69 Å². The zero-order valence-electron chi connectivity index (χ0n) is 30.6. The summed E-state index contributed by atoms with van der Waals surface area (Å²) < 4.78 is 22.0. The lowest BCUT2D eigenvalue weighted by Gasteiger charge is -2.19. The fourth-order valence-corrected chi connectivity index (χ4v) is 6.34. The van der Waals surface area contributed by atoms with Gasteiger partial charge in [-0.05, 0) is 84.9 Å². The number of fused-ring (bicyclic) bond motifs is 1. The summed E-state index contributed by atoms with van der Waals surface area (Å²) in [5.74, 6) is -3.05. The van der Waals surface area contributed by atoms with Crippen molar-refractivity contribution in [2.75, 3.05) is 19.1 Å². The van der Waals surface area contributed by atoms with Gasteiger partial charge in [0.25, 0.3) is 11.8 Å². The highest BCUT2D eigenvalue weighted by Gasteiger charge is 2.38. The first kappa shape index (κ1) is 37.6. The largest absolute Gasteiger partial charge is 0.497 e. The van der Waals surface area contributed by atoms with Gasteiger partial charge in [-0.2, -0.15) is 0 Å². The number of imide groups is 1. The maximum atomic E-state index is 13.8. The molecule has 1 aliphatic heterocycles. The Kier molecular flexibility index (Phi) is 10.8. The lowest BCUT2D eigenvalue weighted by molar-refractivity contribution is 0.0278. The molecular weight excluding hydrogens is 727 g/mol. The summed E-state index contributed by atoms with van der Waals surface area (Å²) in [6.45, 7) is 0. The molecule has 282 valence electrons. The van der Waals surface area contributed by atoms with Crippen LogP contribution in [-0.2, 0) is 9.47 Å². The molecule has 0 N–H and O–H groups in total. The molecule has 2 amide bonds. The number of carbonyl (C=O) groups is 6. The molecule has 0 saturated heterocycles. The molecule has 0 aromatic heterocycles. The van der Waals surface area contributed by atoms with E-state index in [1.807, 2.05) is 0 Å². The Hall–Kier alpha value is -7.66. The van der Waals surface area contributed by atoms with Gasteiger partial charge in [-0.25, -0.2) is 14.5 Å². The van der Waals surface area contributed by atoms with Crippen molar-refractivity contribution in [1.29, 1.82) is 0 Å². The predicted octanol–water partition coefficient (Wildman–Crippen LogP) is 8.07. The molecule has 0 unspecified atom stereocenters. The van der Waals surface area contributed by atoms with Gasteiger partial charge >= 0.3 is 11.9 Å². The average molecular weight is 760 g/mol. The highest BCUT2D eigenvalue weighted by molar-refractivity contribution is 6.34. The number of ketones is 2. The van der Waals surface area contributed by atoms with E-state index in [9.17, 15) is 28.8 Å². The molecule has 11 heteroatoms. The Morgan fingerprint density at radius 3 is 1.37 bits per heavy atom. The van der Waals surface area contributed by atoms with Crippen molar-refractivity contribution in [3.63, 3.8) is 0 Å². The maximum Gasteiger partial charge on any atom is 0.339 e. The second kappa shape index (κ2) is 16.4. The number of nitrogens with zero attached hydrogens (tertiary/aromatic N) is 1. The van der Waals surface area contributed by atoms with Crippen molar-refractivity contribution in [1.82, 2.24) is 0 Å². The number of hydrogen-bond donors (Lipinski definition) is 0. The minimum Gasteiger partial charge on any atom is -0.497 e. The Labute approximate surface area is 327 Å². The van der Waals surface area contributed by atoms with Gasteiger partial charge in [0.1, 0.15) is 11.5 Å². The monoisotopic (exact) mass is 759 g/mol. The summed E-state index contributed by atoms with van der Waals surface area (Å²) in [6.07, 6.45) is -2.62. The zero-order valence-corrected chi connectivity index (χ0v) is 30.6. The second-order valence-corrected chi connectivity index (χ2v) is 12.8. The van der Waals surface area contributed by atoms with Crippen LogP contribution in [0.3, 0.4) is 0 Å². The smallest absolute Gasteiger partial charge is 0.339 e. The van der Waals surface area contributed by atoms with Gasteiger partial charge in [0.05, 0.1) is 42.2 Å². The summed E-state index contributed by atoms with van der Waals surface area (Å²) >= 11 is 0. The van der Waals surface area contributed by atoms with E-state index in [4.69, 9.17) is 18.9 Å². The van der Waals surface area contributed by atoms with Gasteiger partial charge < -0.3 is 18.9 Å². The molecule has 6 aromatic carbocycles. The number of amides is 2. The minimum absolute atomic E-state index is 0.0210. The molecule has 0 saturated carbocycles. The summed E-state index contributed by atoms with van der Waals surface area (Å²) in [4.78, 5) is 82.9. The van der Waals surface area contributed by atoms with Crippen molar-refractivity contribution in [2.24, 2.45) is 0 Å². The van der Waals surface area contributed by atoms with Crippen LogP contribution in [0.1, 0.15) is 85.5 Å². The third-order valence-corrected chi connectivity index (χ3v) is 9.34. The van der Waals surface area contributed by atoms with Gasteiger partial charge in [-0.3, -0.25) is 19.2 Å². The fraction of sp³-hybridized carbons (Fsp3) is 0.0870. The van der Waals surface area contributed by atoms with Crippen LogP contribution in [0.5, 0.6) is 11.5 Å². The van der Waals surface area contributed by atoms with E-state index >= 15 is 0 Å². The van der Waals surface area contributed by atoms with Gasteiger partial charge in [0.2, 0.25) is 11.6 Å². The summed E-state index contributed by atoms with van der Waals surface area (Å²) in [5.41, 5.74) is 1.37. The molecule has 1 heterocycles. The quantitative estimate of drug-likeness (QED) is 0.0645. The number of ether oxygens (including phenoxy) is 4. The average Bonchev–Trinajstić information content (AvgIpc) is 3.52. The van der Waals surface area contributed by atoms with Gasteiger partial charge in [0.15, 0.2) is 12.2 Å². The predicted molar refractivity (Wildman–Crippen MR) is 208 cm³/mol. The highest BCUT2D eigenvalue weighted by Crippen LogP contribution is 2.32. The summed E-state index contributed by atoms with van der Waals surface area (Å²) in [6, 6.07) is 39.4. The summed E-state index contributed by atoms with van der Waals surface area (Å²) in [7, 11) is 3.01. The van der Waals surface area contributed by atoms with Crippen LogP contribution in [0.2, 0.25) is 0 Å². The number of esters is 2. The van der Waals surface area contributed by atoms with Gasteiger partial charge in [0, 0.05) is 22.3 Å². The number of benzene rings is 6. The molecule has 7 rings (SSSR count). The Bertz CT molecular complexity index is 2500. The summed E-state index contributed by atoms with van der Waals surface area (Å²) in [5, 5.41) is 0. The highest BCUT2D eigenvalue weighted by atomic mass is 16.6. The van der Waals surface area contributed by atoms with Crippen molar-refractivity contribution in [3.05, 3.63) is 196 Å². The Morgan fingerprint density at radius 1 is 0.456 bits per heavy atom. The standard InChI is InChI=1S/C46H33NO10/c1-54-35-21-16-28(17-22-35)39(48)41(30-10-5-3-6-11-30)56-45(52)32-14-9-15-34(26-32)47-43(50)37-25-20-33(27-38(37)44(47)51)46(53)57-42(31-12-7-4-8-13-31)40(49)29-18-23-36(55-2)24-19-29/h3-27,41-42H,1-2H3/t41-,42-/m1/s1. The van der Waals surface area contributed by atoms with Crippen LogP contribution in [-0.4, -0.2) is 49.5 Å². The molecule has 0 bridgehead atoms. The maximum absolute atomic E-state index is 13.8. The zero-order chi connectivity index (χ0) is 40.1. The number of methoxy groups -OCH3 is 2. The van der Waals surface area contributed by atoms with Gasteiger partial charge in [-0.1, -0.05) is 66.7 Å². The van der Waals surface area contributed by atoms with Crippen molar-refractivity contribution >= 4 is 41.0 Å². The molecule has 0 aliphatic carbocycles. The Balaban J connectivity index is 1.11. The van der Waals surface area contributed by atoms with E-state index in [-0.39, 0.29) is 33.5 Å². The van der Waals surface area contributed by atoms with Crippen LogP contribution in [0, 0.1) is 0 Å². The van der Waals surface area contributed by atoms with E-state index in [1.54, 1.807) is 109 Å². The normalized spacial score (nSPS) is 12.9. The lowest BCUT2D eigenvalue weighted by atomic mass is 9.99. The fourth-order valence-electron chi connectivity index (χ4n) is 6.34. The topological polar surface area (TPSA) is 143 Å². The first-order valence-electron chi connectivity index (χ1n) is 17.7. The van der Waals surface area contributed by atoms with Crippen molar-refractivity contribution in [2.45, 2.75) is 12.2 Å².